The molecule has 2 nitrogen and oxygen atoms in total. The topological polar surface area (TPSA) is 23.5 Å². The second-order valence-electron chi connectivity index (χ2n) is 5.76. The van der Waals surface area contributed by atoms with Crippen molar-refractivity contribution in [3.63, 3.8) is 0 Å². The first kappa shape index (κ1) is 14.3. The molecule has 3 heteroatoms. The van der Waals surface area contributed by atoms with Crippen LogP contribution in [-0.4, -0.2) is 18.2 Å². The largest absolute Gasteiger partial charge is 0.389 e. The zero-order chi connectivity index (χ0) is 14.0. The Bertz CT molecular complexity index is 440. The van der Waals surface area contributed by atoms with Crippen LogP contribution >= 0.6 is 0 Å². The zero-order valence-corrected chi connectivity index (χ0v) is 12.1. The molecule has 1 aliphatic rings. The summed E-state index contributed by atoms with van der Waals surface area (Å²) in [4.78, 5) is 2.30. The van der Waals surface area contributed by atoms with Crippen LogP contribution in [0, 0.1) is 11.2 Å². The molecular formula is C16H24FNO. The Kier molecular flexibility index (Phi) is 4.14. The number of aliphatic hydroxyl groups is 1. The van der Waals surface area contributed by atoms with E-state index in [1.807, 2.05) is 0 Å². The molecular weight excluding hydrogens is 241 g/mol. The lowest BCUT2D eigenvalue weighted by atomic mass is 9.82. The molecule has 1 aromatic carbocycles. The van der Waals surface area contributed by atoms with Crippen molar-refractivity contribution in [2.75, 3.05) is 18.0 Å². The monoisotopic (exact) mass is 265 g/mol. The molecule has 0 bridgehead atoms. The first-order valence-corrected chi connectivity index (χ1v) is 7.24. The predicted molar refractivity (Wildman–Crippen MR) is 76.9 cm³/mol. The smallest absolute Gasteiger partial charge is 0.123 e. The SMILES string of the molecule is CCC1(CC)CCN(c2ccc(F)cc2[C@H](C)O)C1. The number of nitrogens with zero attached hydrogens (tertiary/aromatic N) is 1. The Morgan fingerprint density at radius 2 is 2.05 bits per heavy atom. The quantitative estimate of drug-likeness (QED) is 0.892. The highest BCUT2D eigenvalue weighted by Gasteiger charge is 2.35. The average molecular weight is 265 g/mol. The van der Waals surface area contributed by atoms with Crippen molar-refractivity contribution >= 4 is 5.69 Å². The van der Waals surface area contributed by atoms with E-state index in [0.717, 1.165) is 18.8 Å². The van der Waals surface area contributed by atoms with Gasteiger partial charge in [-0.2, -0.15) is 0 Å². The fourth-order valence-electron chi connectivity index (χ4n) is 3.12. The van der Waals surface area contributed by atoms with Gasteiger partial charge >= 0.3 is 0 Å². The van der Waals surface area contributed by atoms with E-state index in [0.29, 0.717) is 11.0 Å². The number of benzene rings is 1. The molecule has 0 spiro atoms. The summed E-state index contributed by atoms with van der Waals surface area (Å²) >= 11 is 0. The van der Waals surface area contributed by atoms with Crippen molar-refractivity contribution in [3.05, 3.63) is 29.6 Å². The highest BCUT2D eigenvalue weighted by molar-refractivity contribution is 5.55. The number of aliphatic hydroxyl groups excluding tert-OH is 1. The van der Waals surface area contributed by atoms with Gasteiger partial charge in [-0.15, -0.1) is 0 Å². The fourth-order valence-corrected chi connectivity index (χ4v) is 3.12. The molecule has 1 N–H and O–H groups in total. The minimum atomic E-state index is -0.635. The van der Waals surface area contributed by atoms with Crippen LogP contribution in [0.5, 0.6) is 0 Å². The number of anilines is 1. The number of hydrogen-bond acceptors (Lipinski definition) is 2. The molecule has 1 atom stereocenters. The van der Waals surface area contributed by atoms with Gasteiger partial charge in [0.15, 0.2) is 0 Å². The van der Waals surface area contributed by atoms with Gasteiger partial charge in [0.25, 0.3) is 0 Å². The molecule has 0 radical (unpaired) electrons. The number of hydrogen-bond donors (Lipinski definition) is 1. The summed E-state index contributed by atoms with van der Waals surface area (Å²) in [6.07, 6.45) is 2.89. The Morgan fingerprint density at radius 1 is 1.37 bits per heavy atom. The number of halogens is 1. The van der Waals surface area contributed by atoms with Crippen LogP contribution in [0.2, 0.25) is 0 Å². The number of rotatable bonds is 4. The molecule has 2 rings (SSSR count). The molecule has 0 aliphatic carbocycles. The predicted octanol–water partition coefficient (Wildman–Crippen LogP) is 3.90. The van der Waals surface area contributed by atoms with Gasteiger partial charge in [-0.05, 0) is 49.8 Å². The van der Waals surface area contributed by atoms with Crippen molar-refractivity contribution in [1.29, 1.82) is 0 Å². The fraction of sp³-hybridized carbons (Fsp3) is 0.625. The van der Waals surface area contributed by atoms with E-state index in [-0.39, 0.29) is 5.82 Å². The van der Waals surface area contributed by atoms with E-state index in [4.69, 9.17) is 0 Å². The molecule has 0 amide bonds. The van der Waals surface area contributed by atoms with Gasteiger partial charge in [0.1, 0.15) is 5.82 Å². The molecule has 19 heavy (non-hydrogen) atoms. The third-order valence-corrected chi connectivity index (χ3v) is 4.72. The Hall–Kier alpha value is -1.09. The summed E-state index contributed by atoms with van der Waals surface area (Å²) in [6, 6.07) is 4.75. The summed E-state index contributed by atoms with van der Waals surface area (Å²) in [6.45, 7) is 8.18. The second-order valence-corrected chi connectivity index (χ2v) is 5.76. The van der Waals surface area contributed by atoms with Crippen LogP contribution in [0.25, 0.3) is 0 Å². The van der Waals surface area contributed by atoms with E-state index in [2.05, 4.69) is 18.7 Å². The standard InChI is InChI=1S/C16H24FNO/c1-4-16(5-2)8-9-18(11-16)15-7-6-13(17)10-14(15)12(3)19/h6-7,10,12,19H,4-5,8-9,11H2,1-3H3/t12-/m0/s1. The van der Waals surface area contributed by atoms with Crippen LogP contribution in [0.1, 0.15) is 51.7 Å². The summed E-state index contributed by atoms with van der Waals surface area (Å²) in [5.41, 5.74) is 2.06. The van der Waals surface area contributed by atoms with Crippen LogP contribution < -0.4 is 4.90 Å². The maximum Gasteiger partial charge on any atom is 0.123 e. The van der Waals surface area contributed by atoms with Gasteiger partial charge in [-0.1, -0.05) is 13.8 Å². The van der Waals surface area contributed by atoms with Crippen LogP contribution in [0.3, 0.4) is 0 Å². The van der Waals surface area contributed by atoms with Crippen molar-refractivity contribution in [2.24, 2.45) is 5.41 Å². The molecule has 0 aromatic heterocycles. The minimum Gasteiger partial charge on any atom is -0.389 e. The Labute approximate surface area is 115 Å². The molecule has 1 fully saturated rings. The molecule has 1 aliphatic heterocycles. The molecule has 0 saturated carbocycles. The third kappa shape index (κ3) is 2.76. The summed E-state index contributed by atoms with van der Waals surface area (Å²) in [5.74, 6) is -0.281. The lowest BCUT2D eigenvalue weighted by molar-refractivity contribution is 0.199. The van der Waals surface area contributed by atoms with Gasteiger partial charge in [0.05, 0.1) is 6.10 Å². The van der Waals surface area contributed by atoms with Crippen molar-refractivity contribution in [2.45, 2.75) is 46.1 Å². The first-order chi connectivity index (χ1) is 9.01. The average Bonchev–Trinajstić information content (AvgIpc) is 2.83. The molecule has 1 aromatic rings. The zero-order valence-electron chi connectivity index (χ0n) is 12.1. The molecule has 1 saturated heterocycles. The lowest BCUT2D eigenvalue weighted by Gasteiger charge is -2.28. The van der Waals surface area contributed by atoms with Gasteiger partial charge in [0.2, 0.25) is 0 Å². The molecule has 106 valence electrons. The van der Waals surface area contributed by atoms with E-state index in [1.165, 1.54) is 31.4 Å². The minimum absolute atomic E-state index is 0.281. The van der Waals surface area contributed by atoms with Crippen LogP contribution in [0.4, 0.5) is 10.1 Å². The first-order valence-electron chi connectivity index (χ1n) is 7.24. The van der Waals surface area contributed by atoms with Gasteiger partial charge < -0.3 is 10.0 Å². The van der Waals surface area contributed by atoms with Crippen LogP contribution in [0.15, 0.2) is 18.2 Å². The summed E-state index contributed by atoms with van der Waals surface area (Å²) < 4.78 is 13.3. The normalized spacial score (nSPS) is 19.7. The van der Waals surface area contributed by atoms with E-state index in [9.17, 15) is 9.50 Å². The molecule has 0 unspecified atom stereocenters. The van der Waals surface area contributed by atoms with Crippen molar-refractivity contribution in [1.82, 2.24) is 0 Å². The Morgan fingerprint density at radius 3 is 2.58 bits per heavy atom. The van der Waals surface area contributed by atoms with Crippen LogP contribution in [-0.2, 0) is 0 Å². The highest BCUT2D eigenvalue weighted by Crippen LogP contribution is 2.40. The van der Waals surface area contributed by atoms with Crippen molar-refractivity contribution < 1.29 is 9.50 Å². The van der Waals surface area contributed by atoms with E-state index < -0.39 is 6.10 Å². The summed E-state index contributed by atoms with van der Waals surface area (Å²) in [7, 11) is 0. The second kappa shape index (κ2) is 5.49. The lowest BCUT2D eigenvalue weighted by Crippen LogP contribution is -2.27. The highest BCUT2D eigenvalue weighted by atomic mass is 19.1. The summed E-state index contributed by atoms with van der Waals surface area (Å²) in [5, 5.41) is 9.84. The molecule has 1 heterocycles. The maximum atomic E-state index is 13.3. The van der Waals surface area contributed by atoms with Gasteiger partial charge in [0, 0.05) is 24.3 Å². The van der Waals surface area contributed by atoms with E-state index >= 15 is 0 Å². The van der Waals surface area contributed by atoms with E-state index in [1.54, 1.807) is 13.0 Å². The van der Waals surface area contributed by atoms with Gasteiger partial charge in [-0.3, -0.25) is 0 Å². The van der Waals surface area contributed by atoms with Crippen molar-refractivity contribution in [3.8, 4) is 0 Å². The third-order valence-electron chi connectivity index (χ3n) is 4.72. The van der Waals surface area contributed by atoms with Gasteiger partial charge in [-0.25, -0.2) is 4.39 Å². The maximum absolute atomic E-state index is 13.3. The Balaban J connectivity index is 2.29.